The summed E-state index contributed by atoms with van der Waals surface area (Å²) in [5, 5.41) is 9.91. The Labute approximate surface area is 154 Å². The molecule has 0 aliphatic carbocycles. The van der Waals surface area contributed by atoms with Gasteiger partial charge in [0.05, 0.1) is 0 Å². The predicted octanol–water partition coefficient (Wildman–Crippen LogP) is 4.85. The molecule has 0 bridgehead atoms. The van der Waals surface area contributed by atoms with Gasteiger partial charge in [0, 0.05) is 16.2 Å². The molecule has 1 aromatic heterocycles. The van der Waals surface area contributed by atoms with Crippen molar-refractivity contribution in [2.24, 2.45) is 0 Å². The Morgan fingerprint density at radius 1 is 1.12 bits per heavy atom. The van der Waals surface area contributed by atoms with Gasteiger partial charge in [-0.05, 0) is 43.2 Å². The highest BCUT2D eigenvalue weighted by Crippen LogP contribution is 2.25. The number of amides is 1. The zero-order chi connectivity index (χ0) is 17.8. The fourth-order valence-corrected chi connectivity index (χ4v) is 2.72. The SMILES string of the molecule is Cc1cc(NC(=O)C(Nc2ccc(Br)c(C)c2)c2ccccc2)no1. The van der Waals surface area contributed by atoms with E-state index in [9.17, 15) is 4.79 Å². The van der Waals surface area contributed by atoms with Gasteiger partial charge in [0.15, 0.2) is 5.82 Å². The topological polar surface area (TPSA) is 67.2 Å². The van der Waals surface area contributed by atoms with Crippen LogP contribution in [0.5, 0.6) is 0 Å². The molecule has 0 saturated heterocycles. The van der Waals surface area contributed by atoms with E-state index in [-0.39, 0.29) is 5.91 Å². The van der Waals surface area contributed by atoms with Crippen LogP contribution in [0.1, 0.15) is 22.9 Å². The normalized spacial score (nSPS) is 11.8. The number of rotatable bonds is 5. The first-order chi connectivity index (χ1) is 12.0. The molecule has 0 spiro atoms. The predicted molar refractivity (Wildman–Crippen MR) is 102 cm³/mol. The largest absolute Gasteiger partial charge is 0.370 e. The lowest BCUT2D eigenvalue weighted by molar-refractivity contribution is -0.117. The van der Waals surface area contributed by atoms with Gasteiger partial charge < -0.3 is 15.2 Å². The standard InChI is InChI=1S/C19H18BrN3O2/c1-12-10-15(8-9-16(12)20)21-18(14-6-4-3-5-7-14)19(24)22-17-11-13(2)25-23-17/h3-11,18,21H,1-2H3,(H,22,23,24). The minimum atomic E-state index is -0.557. The minimum Gasteiger partial charge on any atom is -0.370 e. The van der Waals surface area contributed by atoms with Crippen molar-refractivity contribution < 1.29 is 9.32 Å². The molecule has 1 unspecified atom stereocenters. The highest BCUT2D eigenvalue weighted by Gasteiger charge is 2.21. The van der Waals surface area contributed by atoms with E-state index in [1.807, 2.05) is 55.5 Å². The summed E-state index contributed by atoms with van der Waals surface area (Å²) in [6, 6.07) is 16.6. The number of anilines is 2. The summed E-state index contributed by atoms with van der Waals surface area (Å²) in [5.74, 6) is 0.834. The van der Waals surface area contributed by atoms with E-state index in [0.717, 1.165) is 21.3 Å². The molecule has 2 N–H and O–H groups in total. The van der Waals surface area contributed by atoms with Crippen LogP contribution in [0, 0.1) is 13.8 Å². The summed E-state index contributed by atoms with van der Waals surface area (Å²) in [6.07, 6.45) is 0. The maximum atomic E-state index is 12.8. The van der Waals surface area contributed by atoms with E-state index < -0.39 is 6.04 Å². The Balaban J connectivity index is 1.86. The highest BCUT2D eigenvalue weighted by atomic mass is 79.9. The van der Waals surface area contributed by atoms with Gasteiger partial charge in [0.25, 0.3) is 5.91 Å². The maximum Gasteiger partial charge on any atom is 0.252 e. The zero-order valence-electron chi connectivity index (χ0n) is 13.9. The number of hydrogen-bond acceptors (Lipinski definition) is 4. The van der Waals surface area contributed by atoms with Crippen molar-refractivity contribution in [1.29, 1.82) is 0 Å². The van der Waals surface area contributed by atoms with Gasteiger partial charge in [-0.3, -0.25) is 4.79 Å². The third kappa shape index (κ3) is 4.28. The van der Waals surface area contributed by atoms with Crippen LogP contribution in [-0.2, 0) is 4.79 Å². The molecule has 0 fully saturated rings. The fourth-order valence-electron chi connectivity index (χ4n) is 2.47. The first kappa shape index (κ1) is 17.2. The van der Waals surface area contributed by atoms with Gasteiger partial charge in [-0.25, -0.2) is 0 Å². The van der Waals surface area contributed by atoms with E-state index in [2.05, 4.69) is 31.7 Å². The van der Waals surface area contributed by atoms with Gasteiger partial charge in [-0.1, -0.05) is 51.4 Å². The second-order valence-corrected chi connectivity index (χ2v) is 6.62. The molecule has 5 nitrogen and oxygen atoms in total. The number of nitrogens with one attached hydrogen (secondary N) is 2. The van der Waals surface area contributed by atoms with Crippen molar-refractivity contribution in [1.82, 2.24) is 5.16 Å². The van der Waals surface area contributed by atoms with Crippen LogP contribution in [0.2, 0.25) is 0 Å². The van der Waals surface area contributed by atoms with E-state index in [1.54, 1.807) is 13.0 Å². The number of halogens is 1. The van der Waals surface area contributed by atoms with Gasteiger partial charge in [0.1, 0.15) is 11.8 Å². The third-order valence-corrected chi connectivity index (χ3v) is 4.63. The number of carbonyl (C=O) groups excluding carboxylic acids is 1. The van der Waals surface area contributed by atoms with Crippen LogP contribution in [0.4, 0.5) is 11.5 Å². The first-order valence-electron chi connectivity index (χ1n) is 7.85. The molecular weight excluding hydrogens is 382 g/mol. The molecule has 0 aliphatic heterocycles. The second-order valence-electron chi connectivity index (χ2n) is 5.76. The lowest BCUT2D eigenvalue weighted by atomic mass is 10.1. The van der Waals surface area contributed by atoms with Crippen LogP contribution < -0.4 is 10.6 Å². The Hall–Kier alpha value is -2.60. The average molecular weight is 400 g/mol. The van der Waals surface area contributed by atoms with Gasteiger partial charge in [0.2, 0.25) is 0 Å². The number of aromatic nitrogens is 1. The average Bonchev–Trinajstić information content (AvgIpc) is 3.01. The summed E-state index contributed by atoms with van der Waals surface area (Å²) in [6.45, 7) is 3.78. The second kappa shape index (κ2) is 7.53. The van der Waals surface area contributed by atoms with Crippen molar-refractivity contribution in [3.63, 3.8) is 0 Å². The highest BCUT2D eigenvalue weighted by molar-refractivity contribution is 9.10. The summed E-state index contributed by atoms with van der Waals surface area (Å²) in [7, 11) is 0. The first-order valence-corrected chi connectivity index (χ1v) is 8.64. The minimum absolute atomic E-state index is 0.208. The number of benzene rings is 2. The summed E-state index contributed by atoms with van der Waals surface area (Å²) < 4.78 is 6.03. The van der Waals surface area contributed by atoms with Crippen molar-refractivity contribution in [2.75, 3.05) is 10.6 Å². The zero-order valence-corrected chi connectivity index (χ0v) is 15.5. The Morgan fingerprint density at radius 2 is 1.88 bits per heavy atom. The van der Waals surface area contributed by atoms with E-state index >= 15 is 0 Å². The van der Waals surface area contributed by atoms with Gasteiger partial charge in [-0.2, -0.15) is 0 Å². The maximum absolute atomic E-state index is 12.8. The molecule has 0 aliphatic rings. The number of hydrogen-bond donors (Lipinski definition) is 2. The summed E-state index contributed by atoms with van der Waals surface area (Å²) >= 11 is 3.49. The van der Waals surface area contributed by atoms with Gasteiger partial charge >= 0.3 is 0 Å². The smallest absolute Gasteiger partial charge is 0.252 e. The Morgan fingerprint density at radius 3 is 2.52 bits per heavy atom. The lowest BCUT2D eigenvalue weighted by Crippen LogP contribution is -2.27. The molecule has 1 amide bonds. The molecule has 1 heterocycles. The van der Waals surface area contributed by atoms with Crippen LogP contribution in [0.3, 0.4) is 0 Å². The van der Waals surface area contributed by atoms with Crippen LogP contribution in [0.15, 0.2) is 63.6 Å². The van der Waals surface area contributed by atoms with Gasteiger partial charge in [-0.15, -0.1) is 0 Å². The van der Waals surface area contributed by atoms with Crippen molar-refractivity contribution in [2.45, 2.75) is 19.9 Å². The molecule has 3 rings (SSSR count). The molecule has 1 atom stereocenters. The molecule has 2 aromatic carbocycles. The van der Waals surface area contributed by atoms with Crippen molar-refractivity contribution in [3.8, 4) is 0 Å². The number of aryl methyl sites for hydroxylation is 2. The number of nitrogens with zero attached hydrogens (tertiary/aromatic N) is 1. The van der Waals surface area contributed by atoms with Crippen LogP contribution in [-0.4, -0.2) is 11.1 Å². The molecular formula is C19H18BrN3O2. The number of carbonyl (C=O) groups is 1. The molecule has 0 radical (unpaired) electrons. The van der Waals surface area contributed by atoms with E-state index in [4.69, 9.17) is 4.52 Å². The molecule has 25 heavy (non-hydrogen) atoms. The lowest BCUT2D eigenvalue weighted by Gasteiger charge is -2.20. The molecule has 0 saturated carbocycles. The summed E-state index contributed by atoms with van der Waals surface area (Å²) in [5.41, 5.74) is 2.81. The van der Waals surface area contributed by atoms with Crippen LogP contribution in [0.25, 0.3) is 0 Å². The third-order valence-electron chi connectivity index (χ3n) is 3.74. The van der Waals surface area contributed by atoms with E-state index in [1.165, 1.54) is 0 Å². The summed E-state index contributed by atoms with van der Waals surface area (Å²) in [4.78, 5) is 12.8. The fraction of sp³-hybridized carbons (Fsp3) is 0.158. The molecule has 6 heteroatoms. The molecule has 3 aromatic rings. The van der Waals surface area contributed by atoms with Crippen molar-refractivity contribution in [3.05, 3.63) is 76.0 Å². The monoisotopic (exact) mass is 399 g/mol. The Bertz CT molecular complexity index is 877. The van der Waals surface area contributed by atoms with Crippen molar-refractivity contribution >= 4 is 33.3 Å². The van der Waals surface area contributed by atoms with Crippen LogP contribution >= 0.6 is 15.9 Å². The Kier molecular flexibility index (Phi) is 5.19. The molecule has 128 valence electrons. The quantitative estimate of drug-likeness (QED) is 0.643. The van der Waals surface area contributed by atoms with E-state index in [0.29, 0.717) is 11.6 Å².